The van der Waals surface area contributed by atoms with Gasteiger partial charge >= 0.3 is 0 Å². The third kappa shape index (κ3) is 2.44. The number of rotatable bonds is 4. The standard InChI is InChI=1S/C9H19NO2S/c1-8(2)13(11,12)10(3)7-9-5-4-6-9/h8-9H,4-7H2,1-3H3. The Kier molecular flexibility index (Phi) is 3.35. The molecule has 0 spiro atoms. The molecule has 1 aliphatic rings. The van der Waals surface area contributed by atoms with Gasteiger partial charge in [0.05, 0.1) is 5.25 Å². The van der Waals surface area contributed by atoms with Gasteiger partial charge in [0.15, 0.2) is 0 Å². The fourth-order valence-electron chi connectivity index (χ4n) is 1.50. The van der Waals surface area contributed by atoms with Crippen molar-refractivity contribution >= 4 is 10.0 Å². The Morgan fingerprint density at radius 2 is 1.92 bits per heavy atom. The normalized spacial score (nSPS) is 19.5. The van der Waals surface area contributed by atoms with Crippen LogP contribution in [0.3, 0.4) is 0 Å². The predicted molar refractivity (Wildman–Crippen MR) is 54.0 cm³/mol. The average molecular weight is 205 g/mol. The first-order chi connectivity index (χ1) is 5.94. The Hall–Kier alpha value is -0.0900. The van der Waals surface area contributed by atoms with Crippen molar-refractivity contribution < 1.29 is 8.42 Å². The van der Waals surface area contributed by atoms with Gasteiger partial charge in [0.1, 0.15) is 0 Å². The molecule has 0 bridgehead atoms. The van der Waals surface area contributed by atoms with Crippen LogP contribution in [0.25, 0.3) is 0 Å². The molecule has 0 aromatic heterocycles. The van der Waals surface area contributed by atoms with Gasteiger partial charge in [-0.15, -0.1) is 0 Å². The lowest BCUT2D eigenvalue weighted by Gasteiger charge is -2.30. The van der Waals surface area contributed by atoms with Gasteiger partial charge in [-0.05, 0) is 32.6 Å². The predicted octanol–water partition coefficient (Wildman–Crippen LogP) is 1.46. The van der Waals surface area contributed by atoms with E-state index in [2.05, 4.69) is 0 Å². The van der Waals surface area contributed by atoms with Crippen LogP contribution in [0.2, 0.25) is 0 Å². The molecule has 0 atom stereocenters. The third-order valence-corrected chi connectivity index (χ3v) is 4.98. The maximum Gasteiger partial charge on any atom is 0.216 e. The highest BCUT2D eigenvalue weighted by molar-refractivity contribution is 7.89. The molecule has 1 rings (SSSR count). The summed E-state index contributed by atoms with van der Waals surface area (Å²) in [6.07, 6.45) is 3.65. The van der Waals surface area contributed by atoms with Crippen LogP contribution in [0.15, 0.2) is 0 Å². The number of hydrogen-bond donors (Lipinski definition) is 0. The minimum atomic E-state index is -3.01. The van der Waals surface area contributed by atoms with Crippen LogP contribution in [-0.2, 0) is 10.0 Å². The highest BCUT2D eigenvalue weighted by Crippen LogP contribution is 2.27. The zero-order chi connectivity index (χ0) is 10.1. The summed E-state index contributed by atoms with van der Waals surface area (Å²) in [7, 11) is -1.33. The van der Waals surface area contributed by atoms with Gasteiger partial charge in [0, 0.05) is 13.6 Å². The van der Waals surface area contributed by atoms with Gasteiger partial charge in [-0.3, -0.25) is 0 Å². The summed E-state index contributed by atoms with van der Waals surface area (Å²) in [5.41, 5.74) is 0. The van der Waals surface area contributed by atoms with E-state index < -0.39 is 10.0 Å². The third-order valence-electron chi connectivity index (χ3n) is 2.77. The molecule has 0 saturated heterocycles. The second kappa shape index (κ2) is 3.96. The van der Waals surface area contributed by atoms with Crippen molar-refractivity contribution in [2.75, 3.05) is 13.6 Å². The van der Waals surface area contributed by atoms with Crippen molar-refractivity contribution in [1.82, 2.24) is 4.31 Å². The molecule has 0 aromatic rings. The molecule has 78 valence electrons. The molecule has 0 amide bonds. The van der Waals surface area contributed by atoms with Crippen LogP contribution in [0.5, 0.6) is 0 Å². The molecule has 1 fully saturated rings. The monoisotopic (exact) mass is 205 g/mol. The van der Waals surface area contributed by atoms with E-state index in [1.807, 2.05) is 0 Å². The number of sulfonamides is 1. The molecule has 0 N–H and O–H groups in total. The van der Waals surface area contributed by atoms with E-state index in [-0.39, 0.29) is 5.25 Å². The molecule has 4 heteroatoms. The van der Waals surface area contributed by atoms with Crippen molar-refractivity contribution in [2.45, 2.75) is 38.4 Å². The number of nitrogens with zero attached hydrogens (tertiary/aromatic N) is 1. The Bertz CT molecular complexity index is 255. The van der Waals surface area contributed by atoms with Crippen molar-refractivity contribution in [3.8, 4) is 0 Å². The maximum absolute atomic E-state index is 11.6. The first-order valence-electron chi connectivity index (χ1n) is 4.89. The fraction of sp³-hybridized carbons (Fsp3) is 1.00. The van der Waals surface area contributed by atoms with Crippen molar-refractivity contribution in [2.24, 2.45) is 5.92 Å². The van der Waals surface area contributed by atoms with Gasteiger partial charge in [-0.1, -0.05) is 6.42 Å². The molecular formula is C9H19NO2S. The van der Waals surface area contributed by atoms with E-state index in [1.165, 1.54) is 23.6 Å². The quantitative estimate of drug-likeness (QED) is 0.696. The first-order valence-corrected chi connectivity index (χ1v) is 6.40. The highest BCUT2D eigenvalue weighted by Gasteiger charge is 2.27. The largest absolute Gasteiger partial charge is 0.216 e. The molecular weight excluding hydrogens is 186 g/mol. The summed E-state index contributed by atoms with van der Waals surface area (Å²) in [4.78, 5) is 0. The van der Waals surface area contributed by atoms with Gasteiger partial charge in [-0.2, -0.15) is 0 Å². The van der Waals surface area contributed by atoms with Gasteiger partial charge in [0.25, 0.3) is 0 Å². The zero-order valence-corrected chi connectivity index (χ0v) is 9.47. The summed E-state index contributed by atoms with van der Waals surface area (Å²) in [6.45, 7) is 4.17. The number of hydrogen-bond acceptors (Lipinski definition) is 2. The SMILES string of the molecule is CC(C)S(=O)(=O)N(C)CC1CCC1. The molecule has 1 saturated carbocycles. The molecule has 13 heavy (non-hydrogen) atoms. The lowest BCUT2D eigenvalue weighted by Crippen LogP contribution is -2.38. The van der Waals surface area contributed by atoms with E-state index in [1.54, 1.807) is 20.9 Å². The van der Waals surface area contributed by atoms with E-state index in [4.69, 9.17) is 0 Å². The molecule has 1 aliphatic carbocycles. The van der Waals surface area contributed by atoms with Crippen LogP contribution in [0.1, 0.15) is 33.1 Å². The topological polar surface area (TPSA) is 37.4 Å². The second-order valence-electron chi connectivity index (χ2n) is 4.17. The van der Waals surface area contributed by atoms with Crippen LogP contribution < -0.4 is 0 Å². The van der Waals surface area contributed by atoms with E-state index in [0.29, 0.717) is 12.5 Å². The average Bonchev–Trinajstić information content (AvgIpc) is 1.95. The second-order valence-corrected chi connectivity index (χ2v) is 6.77. The van der Waals surface area contributed by atoms with Crippen molar-refractivity contribution in [1.29, 1.82) is 0 Å². The minimum absolute atomic E-state index is 0.294. The van der Waals surface area contributed by atoms with Crippen molar-refractivity contribution in [3.05, 3.63) is 0 Å². The molecule has 3 nitrogen and oxygen atoms in total. The Balaban J connectivity index is 2.50. The summed E-state index contributed by atoms with van der Waals surface area (Å²) < 4.78 is 24.8. The molecule has 0 heterocycles. The van der Waals surface area contributed by atoms with Crippen LogP contribution in [0.4, 0.5) is 0 Å². The summed E-state index contributed by atoms with van der Waals surface area (Å²) >= 11 is 0. The molecule has 0 unspecified atom stereocenters. The summed E-state index contributed by atoms with van der Waals surface area (Å²) in [6, 6.07) is 0. The Labute approximate surface area is 81.2 Å². The maximum atomic E-state index is 11.6. The van der Waals surface area contributed by atoms with Crippen LogP contribution >= 0.6 is 0 Å². The van der Waals surface area contributed by atoms with Crippen LogP contribution in [0, 0.1) is 5.92 Å². The van der Waals surface area contributed by atoms with Crippen molar-refractivity contribution in [3.63, 3.8) is 0 Å². The van der Waals surface area contributed by atoms with E-state index in [0.717, 1.165) is 0 Å². The fourth-order valence-corrected chi connectivity index (χ4v) is 2.64. The molecule has 0 radical (unpaired) electrons. The van der Waals surface area contributed by atoms with Gasteiger partial charge < -0.3 is 0 Å². The summed E-state index contributed by atoms with van der Waals surface area (Å²) in [5.74, 6) is 0.610. The van der Waals surface area contributed by atoms with Gasteiger partial charge in [-0.25, -0.2) is 12.7 Å². The van der Waals surface area contributed by atoms with Crippen LogP contribution in [-0.4, -0.2) is 31.6 Å². The zero-order valence-electron chi connectivity index (χ0n) is 8.66. The Morgan fingerprint density at radius 3 is 2.23 bits per heavy atom. The summed E-state index contributed by atoms with van der Waals surface area (Å²) in [5, 5.41) is -0.294. The smallest absolute Gasteiger partial charge is 0.212 e. The van der Waals surface area contributed by atoms with E-state index in [9.17, 15) is 8.42 Å². The highest BCUT2D eigenvalue weighted by atomic mass is 32.2. The van der Waals surface area contributed by atoms with E-state index >= 15 is 0 Å². The molecule has 0 aliphatic heterocycles. The molecule has 0 aromatic carbocycles. The van der Waals surface area contributed by atoms with Gasteiger partial charge in [0.2, 0.25) is 10.0 Å². The lowest BCUT2D eigenvalue weighted by molar-refractivity contribution is 0.262. The minimum Gasteiger partial charge on any atom is -0.212 e. The Morgan fingerprint density at radius 1 is 1.38 bits per heavy atom. The lowest BCUT2D eigenvalue weighted by atomic mass is 9.86. The first kappa shape index (κ1) is 11.0.